The number of hydrogen-bond donors (Lipinski definition) is 1. The summed E-state index contributed by atoms with van der Waals surface area (Å²) in [5.41, 5.74) is 0.788. The highest BCUT2D eigenvalue weighted by Gasteiger charge is 2.13. The number of hydrogen-bond acceptors (Lipinski definition) is 5. The van der Waals surface area contributed by atoms with Crippen molar-refractivity contribution in [3.8, 4) is 11.4 Å². The molecule has 0 aliphatic rings. The number of aliphatic carboxylic acids is 1. The van der Waals surface area contributed by atoms with Crippen LogP contribution in [0.3, 0.4) is 0 Å². The second kappa shape index (κ2) is 6.76. The minimum Gasteiger partial charge on any atom is -0.481 e. The zero-order valence-electron chi connectivity index (χ0n) is 10.7. The Kier molecular flexibility index (Phi) is 5.03. The van der Waals surface area contributed by atoms with Gasteiger partial charge in [0.25, 0.3) is 0 Å². The minimum atomic E-state index is -0.803. The van der Waals surface area contributed by atoms with E-state index in [1.807, 2.05) is 12.1 Å². The number of aromatic nitrogens is 2. The van der Waals surface area contributed by atoms with E-state index in [0.29, 0.717) is 28.2 Å². The lowest BCUT2D eigenvalue weighted by atomic mass is 10.2. The van der Waals surface area contributed by atoms with Gasteiger partial charge in [0.05, 0.1) is 11.7 Å². The molecule has 2 aromatic rings. The number of rotatable bonds is 6. The Hall–Kier alpha value is -1.53. The Morgan fingerprint density at radius 3 is 3.05 bits per heavy atom. The molecule has 1 atom stereocenters. The predicted molar refractivity (Wildman–Crippen MR) is 77.7 cm³/mol. The number of benzene rings is 1. The second-order valence-corrected chi connectivity index (χ2v) is 5.74. The Bertz CT molecular complexity index is 603. The van der Waals surface area contributed by atoms with Crippen molar-refractivity contribution >= 4 is 29.3 Å². The Morgan fingerprint density at radius 2 is 2.35 bits per heavy atom. The minimum absolute atomic E-state index is 0.393. The van der Waals surface area contributed by atoms with Crippen LogP contribution in [-0.2, 0) is 10.5 Å². The fourth-order valence-corrected chi connectivity index (χ4v) is 2.55. The molecule has 0 spiro atoms. The number of halogens is 1. The molecule has 1 N–H and O–H groups in total. The van der Waals surface area contributed by atoms with Gasteiger partial charge in [-0.05, 0) is 12.1 Å². The van der Waals surface area contributed by atoms with Crippen molar-refractivity contribution in [2.24, 2.45) is 5.92 Å². The molecule has 1 aromatic heterocycles. The van der Waals surface area contributed by atoms with Crippen molar-refractivity contribution in [1.29, 1.82) is 0 Å². The fraction of sp³-hybridized carbons (Fsp3) is 0.308. The average molecular weight is 313 g/mol. The third kappa shape index (κ3) is 3.98. The summed E-state index contributed by atoms with van der Waals surface area (Å²) in [6, 6.07) is 7.20. The quantitative estimate of drug-likeness (QED) is 0.881. The van der Waals surface area contributed by atoms with Crippen LogP contribution in [0, 0.1) is 5.92 Å². The predicted octanol–water partition coefficient (Wildman–Crippen LogP) is 3.34. The first-order valence-corrected chi connectivity index (χ1v) is 7.48. The molecule has 0 fully saturated rings. The third-order valence-electron chi connectivity index (χ3n) is 2.57. The SMILES string of the molecule is CC(CSCc1nc(-c2cccc(Cl)c2)no1)C(=O)O. The number of carbonyl (C=O) groups is 1. The maximum Gasteiger partial charge on any atom is 0.307 e. The van der Waals surface area contributed by atoms with E-state index < -0.39 is 11.9 Å². The number of nitrogens with zero attached hydrogens (tertiary/aromatic N) is 2. The largest absolute Gasteiger partial charge is 0.481 e. The van der Waals surface area contributed by atoms with E-state index >= 15 is 0 Å². The first-order chi connectivity index (χ1) is 9.56. The summed E-state index contributed by atoms with van der Waals surface area (Å²) in [7, 11) is 0. The molecule has 2 rings (SSSR count). The lowest BCUT2D eigenvalue weighted by molar-refractivity contribution is -0.140. The molecule has 0 saturated heterocycles. The normalized spacial score (nSPS) is 12.3. The van der Waals surface area contributed by atoms with Gasteiger partial charge in [-0.3, -0.25) is 4.79 Å². The number of carboxylic acid groups (broad SMARTS) is 1. The van der Waals surface area contributed by atoms with Crippen LogP contribution in [0.25, 0.3) is 11.4 Å². The summed E-state index contributed by atoms with van der Waals surface area (Å²) < 4.78 is 5.13. The molecule has 0 saturated carbocycles. The maximum absolute atomic E-state index is 10.7. The van der Waals surface area contributed by atoms with Crippen molar-refractivity contribution in [2.75, 3.05) is 5.75 Å². The van der Waals surface area contributed by atoms with Gasteiger partial charge in [-0.2, -0.15) is 16.7 Å². The highest BCUT2D eigenvalue weighted by atomic mass is 35.5. The summed E-state index contributed by atoms with van der Waals surface area (Å²) in [5.74, 6) is 0.755. The highest BCUT2D eigenvalue weighted by molar-refractivity contribution is 7.98. The van der Waals surface area contributed by atoms with Crippen molar-refractivity contribution in [3.63, 3.8) is 0 Å². The van der Waals surface area contributed by atoms with Gasteiger partial charge >= 0.3 is 5.97 Å². The van der Waals surface area contributed by atoms with Gasteiger partial charge in [0.1, 0.15) is 0 Å². The number of carboxylic acids is 1. The van der Waals surface area contributed by atoms with E-state index in [9.17, 15) is 4.79 Å². The molecular formula is C13H13ClN2O3S. The Balaban J connectivity index is 1.94. The van der Waals surface area contributed by atoms with Gasteiger partial charge in [-0.15, -0.1) is 0 Å². The molecule has 0 bridgehead atoms. The molecule has 0 aliphatic carbocycles. The monoisotopic (exact) mass is 312 g/mol. The molecule has 1 unspecified atom stereocenters. The number of thioether (sulfide) groups is 1. The molecule has 1 heterocycles. The van der Waals surface area contributed by atoms with Crippen LogP contribution in [0.1, 0.15) is 12.8 Å². The standard InChI is InChI=1S/C13H13ClN2O3S/c1-8(13(17)18)6-20-7-11-15-12(16-19-11)9-3-2-4-10(14)5-9/h2-5,8H,6-7H2,1H3,(H,17,18). The Morgan fingerprint density at radius 1 is 1.55 bits per heavy atom. The van der Waals surface area contributed by atoms with Crippen molar-refractivity contribution in [3.05, 3.63) is 35.2 Å². The van der Waals surface area contributed by atoms with E-state index in [1.165, 1.54) is 11.8 Å². The van der Waals surface area contributed by atoms with E-state index in [1.54, 1.807) is 19.1 Å². The first kappa shape index (κ1) is 14.9. The van der Waals surface area contributed by atoms with Crippen LogP contribution in [-0.4, -0.2) is 27.0 Å². The molecular weight excluding hydrogens is 300 g/mol. The van der Waals surface area contributed by atoms with Crippen molar-refractivity contribution < 1.29 is 14.4 Å². The zero-order valence-corrected chi connectivity index (χ0v) is 12.3. The fourth-order valence-electron chi connectivity index (χ4n) is 1.45. The average Bonchev–Trinajstić information content (AvgIpc) is 2.87. The van der Waals surface area contributed by atoms with E-state index in [-0.39, 0.29) is 0 Å². The Labute approximate surface area is 125 Å². The molecule has 20 heavy (non-hydrogen) atoms. The highest BCUT2D eigenvalue weighted by Crippen LogP contribution is 2.21. The zero-order chi connectivity index (χ0) is 14.5. The molecule has 0 radical (unpaired) electrons. The summed E-state index contributed by atoms with van der Waals surface area (Å²) in [6.45, 7) is 1.67. The van der Waals surface area contributed by atoms with E-state index in [0.717, 1.165) is 5.56 Å². The lowest BCUT2D eigenvalue weighted by Gasteiger charge is -2.02. The van der Waals surface area contributed by atoms with Crippen LogP contribution in [0.4, 0.5) is 0 Å². The van der Waals surface area contributed by atoms with Gasteiger partial charge in [-0.1, -0.05) is 35.8 Å². The van der Waals surface area contributed by atoms with E-state index in [2.05, 4.69) is 10.1 Å². The first-order valence-electron chi connectivity index (χ1n) is 5.95. The smallest absolute Gasteiger partial charge is 0.307 e. The van der Waals surface area contributed by atoms with Crippen LogP contribution in [0.5, 0.6) is 0 Å². The molecule has 7 heteroatoms. The summed E-state index contributed by atoms with van der Waals surface area (Å²) in [5, 5.41) is 13.3. The molecule has 0 amide bonds. The van der Waals surface area contributed by atoms with Crippen LogP contribution in [0.2, 0.25) is 5.02 Å². The van der Waals surface area contributed by atoms with Gasteiger partial charge in [-0.25, -0.2) is 0 Å². The van der Waals surface area contributed by atoms with Gasteiger partial charge < -0.3 is 9.63 Å². The van der Waals surface area contributed by atoms with Gasteiger partial charge in [0.15, 0.2) is 0 Å². The summed E-state index contributed by atoms with van der Waals surface area (Å²) in [4.78, 5) is 14.9. The van der Waals surface area contributed by atoms with E-state index in [4.69, 9.17) is 21.2 Å². The van der Waals surface area contributed by atoms with Crippen molar-refractivity contribution in [2.45, 2.75) is 12.7 Å². The second-order valence-electron chi connectivity index (χ2n) is 4.28. The molecule has 5 nitrogen and oxygen atoms in total. The lowest BCUT2D eigenvalue weighted by Crippen LogP contribution is -2.11. The molecule has 1 aromatic carbocycles. The summed E-state index contributed by atoms with van der Waals surface area (Å²) in [6.07, 6.45) is 0. The van der Waals surface area contributed by atoms with Gasteiger partial charge in [0.2, 0.25) is 11.7 Å². The van der Waals surface area contributed by atoms with Crippen LogP contribution in [0.15, 0.2) is 28.8 Å². The maximum atomic E-state index is 10.7. The van der Waals surface area contributed by atoms with Crippen LogP contribution < -0.4 is 0 Å². The third-order valence-corrected chi connectivity index (χ3v) is 3.99. The molecule has 0 aliphatic heterocycles. The van der Waals surface area contributed by atoms with Crippen molar-refractivity contribution in [1.82, 2.24) is 10.1 Å². The topological polar surface area (TPSA) is 76.2 Å². The van der Waals surface area contributed by atoms with Crippen LogP contribution >= 0.6 is 23.4 Å². The summed E-state index contributed by atoms with van der Waals surface area (Å²) >= 11 is 7.36. The molecule has 106 valence electrons. The van der Waals surface area contributed by atoms with Gasteiger partial charge in [0, 0.05) is 16.3 Å².